The van der Waals surface area contributed by atoms with E-state index in [-0.39, 0.29) is 40.8 Å². The molecule has 0 radical (unpaired) electrons. The van der Waals surface area contributed by atoms with Gasteiger partial charge in [0.2, 0.25) is 0 Å². The number of hydrogen-bond donors (Lipinski definition) is 5. The minimum absolute atomic E-state index is 0.0555. The number of cyclic esters (lactones) is 5. The quantitative estimate of drug-likeness (QED) is 0.218. The van der Waals surface area contributed by atoms with Crippen LogP contribution in [0.4, 0.5) is 0 Å². The fraction of sp³-hybridized carbons (Fsp3) is 0.469. The summed E-state index contributed by atoms with van der Waals surface area (Å²) in [4.78, 5) is 63.9. The molecule has 15 heteroatoms. The van der Waals surface area contributed by atoms with Gasteiger partial charge in [-0.2, -0.15) is 0 Å². The average molecular weight is 663 g/mol. The Kier molecular flexibility index (Phi) is 12.4. The zero-order valence-corrected chi connectivity index (χ0v) is 26.3. The first-order chi connectivity index (χ1) is 22.1. The Morgan fingerprint density at radius 2 is 0.894 bits per heavy atom. The molecule has 0 aliphatic carbocycles. The first-order valence-electron chi connectivity index (χ1n) is 14.8. The van der Waals surface area contributed by atoms with Crippen LogP contribution in [0.25, 0.3) is 0 Å². The molecule has 0 aromatic heterocycles. The van der Waals surface area contributed by atoms with Crippen LogP contribution in [0.3, 0.4) is 0 Å². The van der Waals surface area contributed by atoms with Crippen molar-refractivity contribution < 1.29 is 73.2 Å². The third-order valence-electron chi connectivity index (χ3n) is 6.88. The van der Waals surface area contributed by atoms with Crippen molar-refractivity contribution >= 4 is 29.8 Å². The summed E-state index contributed by atoms with van der Waals surface area (Å²) in [5.41, 5.74) is -0.574. The smallest absolute Gasteiger partial charge is 0.342 e. The topological polar surface area (TPSA) is 233 Å². The number of phenolic OH excluding ortho intramolecular Hbond substituents is 4. The zero-order valence-electron chi connectivity index (χ0n) is 26.3. The molecular weight excluding hydrogens is 624 g/mol. The van der Waals surface area contributed by atoms with Crippen LogP contribution in [-0.2, 0) is 50.9 Å². The van der Waals surface area contributed by atoms with E-state index >= 15 is 0 Å². The van der Waals surface area contributed by atoms with Gasteiger partial charge in [-0.25, -0.2) is 9.59 Å². The first kappa shape index (κ1) is 36.4. The molecule has 0 saturated carbocycles. The number of ether oxygens (including phenoxy) is 5. The Morgan fingerprint density at radius 1 is 0.532 bits per heavy atom. The number of carbonyl (C=O) groups is 5. The highest BCUT2D eigenvalue weighted by Gasteiger charge is 2.28. The highest BCUT2D eigenvalue weighted by Crippen LogP contribution is 2.31. The molecule has 1 heterocycles. The predicted molar refractivity (Wildman–Crippen MR) is 159 cm³/mol. The SMILES string of the molecule is C[C@@H]1Cc2cc(O)cc(O)c2C(=O)O[C@H](C)CC(=O)O[C@@H](CO)CC(=O)O[C@H](C)Cc2cc(O)cc(O)c2C(=O)O[C@H](C)CC(=O)O1. The third-order valence-corrected chi connectivity index (χ3v) is 6.88. The minimum Gasteiger partial charge on any atom is -0.508 e. The number of hydrogen-bond acceptors (Lipinski definition) is 15. The maximum atomic E-state index is 13.1. The number of esters is 5. The number of rotatable bonds is 1. The summed E-state index contributed by atoms with van der Waals surface area (Å²) in [6, 6.07) is 4.16. The van der Waals surface area contributed by atoms with E-state index in [1.807, 2.05) is 0 Å². The van der Waals surface area contributed by atoms with E-state index in [0.717, 1.165) is 12.1 Å². The van der Waals surface area contributed by atoms with Crippen molar-refractivity contribution in [3.05, 3.63) is 46.5 Å². The molecule has 5 N–H and O–H groups in total. The summed E-state index contributed by atoms with van der Waals surface area (Å²) in [7, 11) is 0. The Bertz CT molecular complexity index is 1500. The van der Waals surface area contributed by atoms with Gasteiger partial charge in [-0.1, -0.05) is 0 Å². The van der Waals surface area contributed by atoms with Crippen LogP contribution >= 0.6 is 0 Å². The standard InChI is InChI=1S/C32H38O15/c1-15-5-19-9-21(34)11-24(36)29(19)32(42)46-18(4)8-27(39)47-23(14-33)13-28(40)44-16(2)6-20-10-22(35)12-25(37)30(20)31(41)45-17(3)7-26(38)43-15/h9-12,15-18,23,33-37H,5-8,13-14H2,1-4H3/t15-,16-,17-,18-,23-/m1/s1. The lowest BCUT2D eigenvalue weighted by molar-refractivity contribution is -0.160. The van der Waals surface area contributed by atoms with E-state index in [4.69, 9.17) is 23.7 Å². The Hall–Kier alpha value is -5.05. The van der Waals surface area contributed by atoms with E-state index in [2.05, 4.69) is 0 Å². The molecule has 256 valence electrons. The number of phenols is 4. The van der Waals surface area contributed by atoms with Gasteiger partial charge in [0.1, 0.15) is 64.6 Å². The molecule has 0 unspecified atom stereocenters. The zero-order chi connectivity index (χ0) is 35.0. The van der Waals surface area contributed by atoms with Crippen LogP contribution in [-0.4, -0.2) is 92.5 Å². The molecule has 0 fully saturated rings. The molecule has 0 saturated heterocycles. The van der Waals surface area contributed by atoms with Gasteiger partial charge >= 0.3 is 29.8 Å². The highest BCUT2D eigenvalue weighted by molar-refractivity contribution is 5.95. The fourth-order valence-corrected chi connectivity index (χ4v) is 4.98. The third kappa shape index (κ3) is 10.5. The van der Waals surface area contributed by atoms with Gasteiger partial charge in [0.15, 0.2) is 0 Å². The van der Waals surface area contributed by atoms with Crippen LogP contribution in [0.1, 0.15) is 78.8 Å². The maximum absolute atomic E-state index is 13.1. The Balaban J connectivity index is 1.92. The molecule has 3 rings (SSSR count). The van der Waals surface area contributed by atoms with Gasteiger partial charge in [0.05, 0.1) is 25.9 Å². The molecule has 0 amide bonds. The molecule has 2 aromatic carbocycles. The van der Waals surface area contributed by atoms with E-state index in [1.54, 1.807) is 0 Å². The minimum atomic E-state index is -1.32. The van der Waals surface area contributed by atoms with Crippen molar-refractivity contribution in [1.82, 2.24) is 0 Å². The second-order valence-electron chi connectivity index (χ2n) is 11.3. The average Bonchev–Trinajstić information content (AvgIpc) is 2.90. The van der Waals surface area contributed by atoms with Crippen molar-refractivity contribution in [2.75, 3.05) is 6.61 Å². The Labute approximate surface area is 269 Å². The normalized spacial score (nSPS) is 24.3. The van der Waals surface area contributed by atoms with E-state index in [1.165, 1.54) is 39.8 Å². The molecule has 5 atom stereocenters. The number of benzene rings is 2. The Morgan fingerprint density at radius 3 is 1.30 bits per heavy atom. The van der Waals surface area contributed by atoms with Crippen molar-refractivity contribution in [3.63, 3.8) is 0 Å². The fourth-order valence-electron chi connectivity index (χ4n) is 4.98. The molecule has 0 spiro atoms. The predicted octanol–water partition coefficient (Wildman–Crippen LogP) is 2.34. The molecule has 15 nitrogen and oxygen atoms in total. The summed E-state index contributed by atoms with van der Waals surface area (Å²) in [6.45, 7) is 4.98. The summed E-state index contributed by atoms with van der Waals surface area (Å²) >= 11 is 0. The van der Waals surface area contributed by atoms with Gasteiger partial charge in [-0.15, -0.1) is 0 Å². The largest absolute Gasteiger partial charge is 0.508 e. The number of aromatic hydroxyl groups is 4. The summed E-state index contributed by atoms with van der Waals surface area (Å²) in [5.74, 6) is -6.75. The van der Waals surface area contributed by atoms with E-state index < -0.39 is 103 Å². The number of fused-ring (bicyclic) bond motifs is 2. The van der Waals surface area contributed by atoms with Crippen LogP contribution in [0.15, 0.2) is 24.3 Å². The van der Waals surface area contributed by atoms with Crippen LogP contribution in [0, 0.1) is 0 Å². The lowest BCUT2D eigenvalue weighted by atomic mass is 10.00. The van der Waals surface area contributed by atoms with E-state index in [0.29, 0.717) is 0 Å². The lowest BCUT2D eigenvalue weighted by Crippen LogP contribution is -2.30. The second kappa shape index (κ2) is 16.0. The summed E-state index contributed by atoms with van der Waals surface area (Å²) in [5, 5.41) is 50.7. The van der Waals surface area contributed by atoms with Gasteiger partial charge < -0.3 is 49.2 Å². The second-order valence-corrected chi connectivity index (χ2v) is 11.3. The summed E-state index contributed by atoms with van der Waals surface area (Å²) in [6.07, 6.45) is -7.13. The molecule has 1 aliphatic heterocycles. The molecular formula is C32H38O15. The van der Waals surface area contributed by atoms with Crippen LogP contribution in [0.2, 0.25) is 0 Å². The molecule has 47 heavy (non-hydrogen) atoms. The number of carbonyl (C=O) groups excluding carboxylic acids is 5. The van der Waals surface area contributed by atoms with Crippen LogP contribution < -0.4 is 0 Å². The van der Waals surface area contributed by atoms with Gasteiger partial charge in [0, 0.05) is 25.0 Å². The number of aliphatic hydroxyl groups is 1. The first-order valence-corrected chi connectivity index (χ1v) is 14.8. The molecule has 1 aliphatic rings. The van der Waals surface area contributed by atoms with Crippen LogP contribution in [0.5, 0.6) is 23.0 Å². The number of aliphatic hydroxyl groups excluding tert-OH is 1. The van der Waals surface area contributed by atoms with Gasteiger partial charge in [0.25, 0.3) is 0 Å². The van der Waals surface area contributed by atoms with Gasteiger partial charge in [-0.3, -0.25) is 14.4 Å². The molecule has 2 aromatic rings. The van der Waals surface area contributed by atoms with E-state index in [9.17, 15) is 49.5 Å². The maximum Gasteiger partial charge on any atom is 0.342 e. The van der Waals surface area contributed by atoms with Crippen molar-refractivity contribution in [3.8, 4) is 23.0 Å². The van der Waals surface area contributed by atoms with Crippen molar-refractivity contribution in [1.29, 1.82) is 0 Å². The molecule has 0 bridgehead atoms. The highest BCUT2D eigenvalue weighted by atomic mass is 16.6. The van der Waals surface area contributed by atoms with Crippen molar-refractivity contribution in [2.45, 2.75) is 90.3 Å². The summed E-state index contributed by atoms with van der Waals surface area (Å²) < 4.78 is 26.5. The van der Waals surface area contributed by atoms with Crippen molar-refractivity contribution in [2.24, 2.45) is 0 Å². The monoisotopic (exact) mass is 662 g/mol. The van der Waals surface area contributed by atoms with Gasteiger partial charge in [-0.05, 0) is 51.0 Å². The lowest BCUT2D eigenvalue weighted by Gasteiger charge is -2.21.